The second-order valence-corrected chi connectivity index (χ2v) is 13.9. The van der Waals surface area contributed by atoms with E-state index in [0.717, 1.165) is 59.2 Å². The molecule has 2 aliphatic heterocycles. The average Bonchev–Trinajstić information content (AvgIpc) is 3.79. The lowest BCUT2D eigenvalue weighted by atomic mass is 10.1. The standard InChI is InChI=1S/C35H41N7O4/c1-34(2,3)45-32(43)41-19-7-9-27(41)30-36-25-18-15-23(21-26(25)37-30)12-11-22-13-16-24(17-14-22)29-38-31(40-39-29)28-10-8-20-42(28)33(44)46-35(4,5)6/h13-18,21,27-28H,7-10,19-20H2,1-6H3,(H,36,37)(H,38,39,40)/t27-,28-/m0/s1. The molecule has 11 nitrogen and oxygen atoms in total. The van der Waals surface area contributed by atoms with Crippen molar-refractivity contribution in [2.45, 2.75) is 90.5 Å². The van der Waals surface area contributed by atoms with Gasteiger partial charge in [0, 0.05) is 29.8 Å². The molecule has 4 aromatic rings. The van der Waals surface area contributed by atoms with Crippen LogP contribution in [0.4, 0.5) is 9.59 Å². The molecule has 0 spiro atoms. The number of carbonyl (C=O) groups excluding carboxylic acids is 2. The van der Waals surface area contributed by atoms with E-state index in [1.807, 2.05) is 84.0 Å². The fourth-order valence-electron chi connectivity index (χ4n) is 5.84. The summed E-state index contributed by atoms with van der Waals surface area (Å²) in [6, 6.07) is 13.3. The van der Waals surface area contributed by atoms with Gasteiger partial charge in [-0.05, 0) is 110 Å². The number of ether oxygens (including phenoxy) is 2. The zero-order valence-corrected chi connectivity index (χ0v) is 27.3. The molecule has 2 saturated heterocycles. The number of hydrogen-bond donors (Lipinski definition) is 2. The molecule has 0 radical (unpaired) electrons. The Balaban J connectivity index is 1.12. The van der Waals surface area contributed by atoms with Crippen molar-refractivity contribution in [1.82, 2.24) is 34.9 Å². The second kappa shape index (κ2) is 12.2. The van der Waals surface area contributed by atoms with Crippen LogP contribution in [0.1, 0.15) is 102 Å². The van der Waals surface area contributed by atoms with Gasteiger partial charge in [0.1, 0.15) is 22.9 Å². The van der Waals surface area contributed by atoms with Gasteiger partial charge in [-0.15, -0.1) is 0 Å². The smallest absolute Gasteiger partial charge is 0.410 e. The van der Waals surface area contributed by atoms with E-state index in [2.05, 4.69) is 27.0 Å². The Bertz CT molecular complexity index is 1800. The summed E-state index contributed by atoms with van der Waals surface area (Å²) < 4.78 is 11.2. The van der Waals surface area contributed by atoms with E-state index in [1.54, 1.807) is 9.80 Å². The van der Waals surface area contributed by atoms with Crippen LogP contribution in [0, 0.1) is 11.8 Å². The first kappa shape index (κ1) is 31.1. The van der Waals surface area contributed by atoms with E-state index in [0.29, 0.717) is 24.7 Å². The molecule has 2 amide bonds. The Labute approximate surface area is 269 Å². The van der Waals surface area contributed by atoms with Crippen molar-refractivity contribution < 1.29 is 19.1 Å². The zero-order valence-electron chi connectivity index (χ0n) is 27.3. The third kappa shape index (κ3) is 7.01. The Kier molecular flexibility index (Phi) is 8.23. The predicted octanol–water partition coefficient (Wildman–Crippen LogP) is 6.89. The zero-order chi connectivity index (χ0) is 32.6. The number of rotatable bonds is 3. The molecule has 2 aromatic carbocycles. The van der Waals surface area contributed by atoms with Crippen LogP contribution in [0.3, 0.4) is 0 Å². The summed E-state index contributed by atoms with van der Waals surface area (Å²) in [5.41, 5.74) is 3.15. The van der Waals surface area contributed by atoms with Gasteiger partial charge in [0.2, 0.25) is 0 Å². The van der Waals surface area contributed by atoms with Gasteiger partial charge in [-0.1, -0.05) is 11.8 Å². The molecule has 4 heterocycles. The van der Waals surface area contributed by atoms with Gasteiger partial charge in [-0.25, -0.2) is 19.6 Å². The first-order valence-corrected chi connectivity index (χ1v) is 15.9. The summed E-state index contributed by atoms with van der Waals surface area (Å²) in [5, 5.41) is 7.46. The molecular formula is C35H41N7O4. The molecule has 6 rings (SSSR count). The molecule has 11 heteroatoms. The fourth-order valence-corrected chi connectivity index (χ4v) is 5.84. The summed E-state index contributed by atoms with van der Waals surface area (Å²) in [5.74, 6) is 8.46. The average molecular weight is 624 g/mol. The quantitative estimate of drug-likeness (QED) is 0.238. The third-order valence-corrected chi connectivity index (χ3v) is 7.89. The molecule has 2 atom stereocenters. The van der Waals surface area contributed by atoms with Crippen LogP contribution in [-0.4, -0.2) is 71.4 Å². The van der Waals surface area contributed by atoms with Gasteiger partial charge < -0.3 is 14.5 Å². The predicted molar refractivity (Wildman–Crippen MR) is 174 cm³/mol. The third-order valence-electron chi connectivity index (χ3n) is 7.89. The summed E-state index contributed by atoms with van der Waals surface area (Å²) in [7, 11) is 0. The number of aromatic nitrogens is 5. The number of H-pyrrole nitrogens is 2. The topological polar surface area (TPSA) is 129 Å². The van der Waals surface area contributed by atoms with E-state index >= 15 is 0 Å². The lowest BCUT2D eigenvalue weighted by Gasteiger charge is -2.27. The number of carbonyl (C=O) groups is 2. The fraction of sp³-hybridized carbons (Fsp3) is 0.457. The lowest BCUT2D eigenvalue weighted by molar-refractivity contribution is 0.0208. The van der Waals surface area contributed by atoms with Gasteiger partial charge in [-0.2, -0.15) is 5.10 Å². The number of hydrogen-bond acceptors (Lipinski definition) is 7. The first-order valence-electron chi connectivity index (χ1n) is 15.9. The summed E-state index contributed by atoms with van der Waals surface area (Å²) in [6.07, 6.45) is 2.79. The van der Waals surface area contributed by atoms with Crippen LogP contribution in [0.5, 0.6) is 0 Å². The van der Waals surface area contributed by atoms with E-state index in [9.17, 15) is 9.59 Å². The SMILES string of the molecule is CC(C)(C)OC(=O)N1CCC[C@H]1c1nc(-c2ccc(C#Cc3ccc4[nH]c([C@@H]5CCCN5C(=O)OC(C)(C)C)nc4c3)cc2)n[nH]1. The lowest BCUT2D eigenvalue weighted by Crippen LogP contribution is -2.36. The molecule has 2 aliphatic rings. The van der Waals surface area contributed by atoms with E-state index < -0.39 is 11.2 Å². The highest BCUT2D eigenvalue weighted by molar-refractivity contribution is 5.77. The minimum atomic E-state index is -0.557. The van der Waals surface area contributed by atoms with E-state index in [1.165, 1.54) is 0 Å². The monoisotopic (exact) mass is 623 g/mol. The van der Waals surface area contributed by atoms with Gasteiger partial charge in [-0.3, -0.25) is 14.9 Å². The Hall–Kier alpha value is -4.85. The highest BCUT2D eigenvalue weighted by atomic mass is 16.6. The number of imidazole rings is 1. The van der Waals surface area contributed by atoms with Gasteiger partial charge in [0.25, 0.3) is 0 Å². The maximum Gasteiger partial charge on any atom is 0.410 e. The van der Waals surface area contributed by atoms with Gasteiger partial charge >= 0.3 is 12.2 Å². The number of aromatic amines is 2. The Morgan fingerprint density at radius 1 is 0.783 bits per heavy atom. The van der Waals surface area contributed by atoms with Gasteiger partial charge in [0.15, 0.2) is 5.82 Å². The van der Waals surface area contributed by atoms with Crippen LogP contribution >= 0.6 is 0 Å². The summed E-state index contributed by atoms with van der Waals surface area (Å²) >= 11 is 0. The number of benzene rings is 2. The van der Waals surface area contributed by atoms with Crippen LogP contribution < -0.4 is 0 Å². The molecule has 0 unspecified atom stereocenters. The van der Waals surface area contributed by atoms with Crippen molar-refractivity contribution in [2.75, 3.05) is 13.1 Å². The van der Waals surface area contributed by atoms with Crippen molar-refractivity contribution in [3.63, 3.8) is 0 Å². The van der Waals surface area contributed by atoms with Crippen LogP contribution in [0.15, 0.2) is 42.5 Å². The molecule has 2 N–H and O–H groups in total. The van der Waals surface area contributed by atoms with Crippen molar-refractivity contribution in [2.24, 2.45) is 0 Å². The minimum Gasteiger partial charge on any atom is -0.444 e. The molecule has 240 valence electrons. The normalized spacial score (nSPS) is 18.5. The number of nitrogens with zero attached hydrogens (tertiary/aromatic N) is 5. The van der Waals surface area contributed by atoms with E-state index in [4.69, 9.17) is 19.4 Å². The molecule has 2 aromatic heterocycles. The van der Waals surface area contributed by atoms with Gasteiger partial charge in [0.05, 0.1) is 23.1 Å². The molecule has 0 aliphatic carbocycles. The second-order valence-electron chi connectivity index (χ2n) is 13.9. The first-order chi connectivity index (χ1) is 21.8. The van der Waals surface area contributed by atoms with Crippen LogP contribution in [0.25, 0.3) is 22.4 Å². The minimum absolute atomic E-state index is 0.141. The molecule has 0 saturated carbocycles. The molecular weight excluding hydrogens is 582 g/mol. The summed E-state index contributed by atoms with van der Waals surface area (Å²) in [4.78, 5) is 41.9. The van der Waals surface area contributed by atoms with Crippen LogP contribution in [-0.2, 0) is 9.47 Å². The Morgan fingerprint density at radius 2 is 1.35 bits per heavy atom. The Morgan fingerprint density at radius 3 is 1.96 bits per heavy atom. The van der Waals surface area contributed by atoms with E-state index in [-0.39, 0.29) is 24.3 Å². The van der Waals surface area contributed by atoms with Crippen LogP contribution in [0.2, 0.25) is 0 Å². The highest BCUT2D eigenvalue weighted by Crippen LogP contribution is 2.34. The largest absolute Gasteiger partial charge is 0.444 e. The highest BCUT2D eigenvalue weighted by Gasteiger charge is 2.36. The number of amides is 2. The van der Waals surface area contributed by atoms with Crippen molar-refractivity contribution in [1.29, 1.82) is 0 Å². The maximum absolute atomic E-state index is 12.8. The molecule has 0 bridgehead atoms. The van der Waals surface area contributed by atoms with Crippen molar-refractivity contribution in [3.8, 4) is 23.2 Å². The molecule has 46 heavy (non-hydrogen) atoms. The molecule has 2 fully saturated rings. The maximum atomic E-state index is 12.8. The summed E-state index contributed by atoms with van der Waals surface area (Å²) in [6.45, 7) is 12.5. The van der Waals surface area contributed by atoms with Crippen molar-refractivity contribution >= 4 is 23.2 Å². The van der Waals surface area contributed by atoms with Crippen molar-refractivity contribution in [3.05, 3.63) is 65.2 Å². The number of nitrogens with one attached hydrogen (secondary N) is 2. The number of fused-ring (bicyclic) bond motifs is 1. The number of likely N-dealkylation sites (tertiary alicyclic amines) is 2.